The third-order valence-corrected chi connectivity index (χ3v) is 10.3. The van der Waals surface area contributed by atoms with Crippen LogP contribution in [0.15, 0.2) is 205 Å². The average Bonchev–Trinajstić information content (AvgIpc) is 3.23. The lowest BCUT2D eigenvalue weighted by atomic mass is 9.88. The Bertz CT molecular complexity index is 2670. The number of pyridine rings is 2. The average molecular weight is 667 g/mol. The SMILES string of the molecule is C1=CC2=CC=C(c3cccc(-c4ccc5ccc6ccc(-c7ccccc7)nc6c5n4)c3)NC2C=C1C1=CC=C2C=CC(c3ccccc3)=CC2N1. The summed E-state index contributed by atoms with van der Waals surface area (Å²) in [5.74, 6) is 0. The third kappa shape index (κ3) is 5.51. The van der Waals surface area contributed by atoms with E-state index in [1.165, 1.54) is 27.9 Å². The molecular weight excluding hydrogens is 633 g/mol. The molecule has 0 radical (unpaired) electrons. The molecule has 4 nitrogen and oxygen atoms in total. The zero-order valence-corrected chi connectivity index (χ0v) is 28.4. The molecule has 0 saturated carbocycles. The van der Waals surface area contributed by atoms with Gasteiger partial charge in [-0.15, -0.1) is 0 Å². The summed E-state index contributed by atoms with van der Waals surface area (Å²) in [4.78, 5) is 10.3. The van der Waals surface area contributed by atoms with Gasteiger partial charge in [-0.2, -0.15) is 0 Å². The third-order valence-electron chi connectivity index (χ3n) is 10.3. The number of dihydropyridines is 2. The molecule has 0 bridgehead atoms. The molecule has 0 fully saturated rings. The van der Waals surface area contributed by atoms with Gasteiger partial charge in [-0.05, 0) is 69.8 Å². The van der Waals surface area contributed by atoms with Gasteiger partial charge in [-0.1, -0.05) is 146 Å². The molecule has 4 aromatic carbocycles. The number of hydrogen-bond acceptors (Lipinski definition) is 4. The molecule has 246 valence electrons. The molecule has 2 aromatic heterocycles. The van der Waals surface area contributed by atoms with Crippen molar-refractivity contribution < 1.29 is 0 Å². The molecule has 4 heterocycles. The Balaban J connectivity index is 0.919. The van der Waals surface area contributed by atoms with Crippen molar-refractivity contribution in [3.05, 3.63) is 216 Å². The summed E-state index contributed by atoms with van der Waals surface area (Å²) in [5, 5.41) is 9.78. The molecule has 4 aliphatic rings. The van der Waals surface area contributed by atoms with Gasteiger partial charge in [0.25, 0.3) is 0 Å². The molecule has 0 amide bonds. The highest BCUT2D eigenvalue weighted by Crippen LogP contribution is 2.33. The van der Waals surface area contributed by atoms with E-state index in [0.29, 0.717) is 0 Å². The quantitative estimate of drug-likeness (QED) is 0.180. The zero-order valence-electron chi connectivity index (χ0n) is 28.4. The highest BCUT2D eigenvalue weighted by Gasteiger charge is 2.24. The minimum absolute atomic E-state index is 0.0634. The van der Waals surface area contributed by atoms with Crippen LogP contribution < -0.4 is 10.6 Å². The van der Waals surface area contributed by atoms with Gasteiger partial charge in [0.2, 0.25) is 0 Å². The van der Waals surface area contributed by atoms with Gasteiger partial charge < -0.3 is 10.6 Å². The Morgan fingerprint density at radius 2 is 0.923 bits per heavy atom. The van der Waals surface area contributed by atoms with Gasteiger partial charge in [-0.25, -0.2) is 9.97 Å². The molecule has 2 unspecified atom stereocenters. The van der Waals surface area contributed by atoms with E-state index in [-0.39, 0.29) is 12.1 Å². The van der Waals surface area contributed by atoms with Crippen molar-refractivity contribution in [3.63, 3.8) is 0 Å². The van der Waals surface area contributed by atoms with Crippen molar-refractivity contribution in [1.29, 1.82) is 0 Å². The zero-order chi connectivity index (χ0) is 34.4. The maximum Gasteiger partial charge on any atom is 0.0972 e. The lowest BCUT2D eigenvalue weighted by molar-refractivity contribution is 0.749. The van der Waals surface area contributed by atoms with Gasteiger partial charge in [0, 0.05) is 33.3 Å². The molecule has 2 atom stereocenters. The standard InChI is InChI=1S/C48H34N4/c1-3-8-31(9-4-1)37-18-14-33-21-25-43(50-45(33)29-37)40-19-15-34-20-24-42(49-46(34)30-40)38-12-7-13-39(28-38)44-27-23-36-17-16-35-22-26-41(32-10-5-2-6-11-32)51-47(35)48(36)52-44/h1-30,45-46,49-50H. The van der Waals surface area contributed by atoms with Crippen molar-refractivity contribution in [1.82, 2.24) is 20.6 Å². The van der Waals surface area contributed by atoms with E-state index in [1.807, 2.05) is 18.2 Å². The van der Waals surface area contributed by atoms with Crippen molar-refractivity contribution in [2.75, 3.05) is 0 Å². The first-order chi connectivity index (χ1) is 25.7. The summed E-state index contributed by atoms with van der Waals surface area (Å²) < 4.78 is 0. The number of rotatable bonds is 5. The Morgan fingerprint density at radius 1 is 0.404 bits per heavy atom. The smallest absolute Gasteiger partial charge is 0.0972 e. The first-order valence-corrected chi connectivity index (χ1v) is 17.8. The van der Waals surface area contributed by atoms with Crippen molar-refractivity contribution in [3.8, 4) is 22.5 Å². The van der Waals surface area contributed by atoms with Crippen LogP contribution >= 0.6 is 0 Å². The monoisotopic (exact) mass is 666 g/mol. The fourth-order valence-electron chi connectivity index (χ4n) is 7.51. The molecule has 10 rings (SSSR count). The molecule has 0 saturated heterocycles. The Hall–Kier alpha value is -6.78. The number of allylic oxidation sites excluding steroid dienone is 7. The second-order valence-electron chi connectivity index (χ2n) is 13.6. The first-order valence-electron chi connectivity index (χ1n) is 17.8. The van der Waals surface area contributed by atoms with Crippen molar-refractivity contribution in [2.45, 2.75) is 12.1 Å². The number of nitrogens with one attached hydrogen (secondary N) is 2. The second-order valence-corrected chi connectivity index (χ2v) is 13.6. The van der Waals surface area contributed by atoms with Crippen LogP contribution in [0.3, 0.4) is 0 Å². The molecule has 4 heteroatoms. The predicted molar refractivity (Wildman–Crippen MR) is 215 cm³/mol. The second kappa shape index (κ2) is 12.5. The lowest BCUT2D eigenvalue weighted by Crippen LogP contribution is -2.35. The maximum atomic E-state index is 5.21. The molecule has 52 heavy (non-hydrogen) atoms. The lowest BCUT2D eigenvalue weighted by Gasteiger charge is -2.31. The van der Waals surface area contributed by atoms with Crippen LogP contribution in [0, 0.1) is 0 Å². The van der Waals surface area contributed by atoms with E-state index in [2.05, 4.69) is 175 Å². The normalized spacial score (nSPS) is 18.8. The minimum atomic E-state index is 0.0634. The molecule has 0 spiro atoms. The number of benzene rings is 4. The topological polar surface area (TPSA) is 49.8 Å². The number of nitrogens with zero attached hydrogens (tertiary/aromatic N) is 2. The van der Waals surface area contributed by atoms with Crippen LogP contribution in [-0.4, -0.2) is 22.1 Å². The van der Waals surface area contributed by atoms with Gasteiger partial charge in [-0.3, -0.25) is 0 Å². The van der Waals surface area contributed by atoms with Crippen molar-refractivity contribution >= 4 is 33.1 Å². The van der Waals surface area contributed by atoms with Gasteiger partial charge in [0.05, 0.1) is 34.5 Å². The number of fused-ring (bicyclic) bond motifs is 5. The highest BCUT2D eigenvalue weighted by atomic mass is 15.0. The molecular formula is C48H34N4. The van der Waals surface area contributed by atoms with Gasteiger partial charge >= 0.3 is 0 Å². The fraction of sp³-hybridized carbons (Fsp3) is 0.0417. The Labute approximate surface area is 303 Å². The van der Waals surface area contributed by atoms with Crippen LogP contribution in [0.2, 0.25) is 0 Å². The van der Waals surface area contributed by atoms with E-state index in [1.54, 1.807) is 0 Å². The van der Waals surface area contributed by atoms with E-state index in [9.17, 15) is 0 Å². The molecule has 2 N–H and O–H groups in total. The van der Waals surface area contributed by atoms with Gasteiger partial charge in [0.1, 0.15) is 0 Å². The maximum absolute atomic E-state index is 5.21. The van der Waals surface area contributed by atoms with Gasteiger partial charge in [0.15, 0.2) is 0 Å². The first kappa shape index (κ1) is 30.1. The van der Waals surface area contributed by atoms with Crippen LogP contribution in [0.5, 0.6) is 0 Å². The predicted octanol–water partition coefficient (Wildman–Crippen LogP) is 10.3. The van der Waals surface area contributed by atoms with E-state index in [0.717, 1.165) is 61.3 Å². The summed E-state index contributed by atoms with van der Waals surface area (Å²) in [6.45, 7) is 0. The van der Waals surface area contributed by atoms with Crippen LogP contribution in [0.1, 0.15) is 11.1 Å². The van der Waals surface area contributed by atoms with Crippen molar-refractivity contribution in [2.24, 2.45) is 0 Å². The molecule has 6 aromatic rings. The summed E-state index contributed by atoms with van der Waals surface area (Å²) in [6.07, 6.45) is 22.4. The summed E-state index contributed by atoms with van der Waals surface area (Å²) in [5.41, 5.74) is 15.4. The Morgan fingerprint density at radius 3 is 1.62 bits per heavy atom. The largest absolute Gasteiger partial charge is 0.374 e. The van der Waals surface area contributed by atoms with E-state index >= 15 is 0 Å². The number of aromatic nitrogens is 2. The highest BCUT2D eigenvalue weighted by molar-refractivity contribution is 6.04. The number of hydrogen-bond donors (Lipinski definition) is 2. The summed E-state index contributed by atoms with van der Waals surface area (Å²) in [6, 6.07) is 42.5. The summed E-state index contributed by atoms with van der Waals surface area (Å²) >= 11 is 0. The van der Waals surface area contributed by atoms with E-state index < -0.39 is 0 Å². The van der Waals surface area contributed by atoms with Crippen LogP contribution in [0.25, 0.3) is 55.6 Å². The summed E-state index contributed by atoms with van der Waals surface area (Å²) in [7, 11) is 0. The van der Waals surface area contributed by atoms with Crippen LogP contribution in [0.4, 0.5) is 0 Å². The fourth-order valence-corrected chi connectivity index (χ4v) is 7.51. The minimum Gasteiger partial charge on any atom is -0.374 e. The van der Waals surface area contributed by atoms with E-state index in [4.69, 9.17) is 9.97 Å². The van der Waals surface area contributed by atoms with Crippen LogP contribution in [-0.2, 0) is 0 Å². The molecule has 2 aliphatic carbocycles. The Kier molecular flexibility index (Phi) is 7.24. The molecule has 2 aliphatic heterocycles.